The lowest BCUT2D eigenvalue weighted by atomic mass is 9.92. The molecule has 2 aliphatic heterocycles. The molecule has 0 aromatic heterocycles. The highest BCUT2D eigenvalue weighted by Crippen LogP contribution is 2.31. The van der Waals surface area contributed by atoms with Crippen LogP contribution in [-0.4, -0.2) is 23.6 Å². The van der Waals surface area contributed by atoms with E-state index in [1.807, 2.05) is 18.2 Å². The van der Waals surface area contributed by atoms with E-state index < -0.39 is 6.04 Å². The van der Waals surface area contributed by atoms with E-state index in [2.05, 4.69) is 5.32 Å². The Morgan fingerprint density at radius 1 is 1.33 bits per heavy atom. The molecule has 3 aliphatic rings. The first-order valence-electron chi connectivity index (χ1n) is 7.99. The smallest absolute Gasteiger partial charge is 0.261 e. The molecule has 2 N–H and O–H groups in total. The molecular formula is C19H17FN2O2. The lowest BCUT2D eigenvalue weighted by Gasteiger charge is -2.32. The number of fused-ring (bicyclic) bond motifs is 2. The van der Waals surface area contributed by atoms with Gasteiger partial charge in [0.15, 0.2) is 0 Å². The molecule has 1 amide bonds. The molecule has 0 saturated carbocycles. The molecular weight excluding hydrogens is 307 g/mol. The van der Waals surface area contributed by atoms with Crippen LogP contribution in [0.3, 0.4) is 0 Å². The predicted octanol–water partition coefficient (Wildman–Crippen LogP) is 2.90. The Morgan fingerprint density at radius 2 is 2.21 bits per heavy atom. The van der Waals surface area contributed by atoms with E-state index in [-0.39, 0.29) is 23.1 Å². The number of aryl methyl sites for hydroxylation is 1. The lowest BCUT2D eigenvalue weighted by molar-refractivity contribution is -0.115. The zero-order valence-electron chi connectivity index (χ0n) is 13.0. The fourth-order valence-electron chi connectivity index (χ4n) is 3.40. The number of carbonyl (C=O) groups is 1. The monoisotopic (exact) mass is 324 g/mol. The van der Waals surface area contributed by atoms with Crippen molar-refractivity contribution in [3.63, 3.8) is 0 Å². The molecule has 4 rings (SSSR count). The van der Waals surface area contributed by atoms with Crippen LogP contribution in [0.25, 0.3) is 0 Å². The van der Waals surface area contributed by atoms with Crippen molar-refractivity contribution in [3.05, 3.63) is 77.0 Å². The van der Waals surface area contributed by atoms with Gasteiger partial charge in [-0.25, -0.2) is 4.39 Å². The summed E-state index contributed by atoms with van der Waals surface area (Å²) in [7, 11) is 0. The van der Waals surface area contributed by atoms with Gasteiger partial charge in [0.05, 0.1) is 11.3 Å². The van der Waals surface area contributed by atoms with Crippen molar-refractivity contribution in [2.45, 2.75) is 18.9 Å². The van der Waals surface area contributed by atoms with Gasteiger partial charge in [-0.2, -0.15) is 0 Å². The molecule has 1 aromatic rings. The van der Waals surface area contributed by atoms with Crippen LogP contribution < -0.4 is 10.2 Å². The van der Waals surface area contributed by atoms with E-state index >= 15 is 0 Å². The number of nitrogens with one attached hydrogen (secondary N) is 1. The zero-order chi connectivity index (χ0) is 16.7. The number of nitrogens with zero attached hydrogens (tertiary/aromatic N) is 1. The summed E-state index contributed by atoms with van der Waals surface area (Å²) in [5, 5.41) is 13.6. The number of anilines is 1. The van der Waals surface area contributed by atoms with Crippen LogP contribution in [0.1, 0.15) is 12.0 Å². The first-order chi connectivity index (χ1) is 11.6. The van der Waals surface area contributed by atoms with E-state index in [4.69, 9.17) is 0 Å². The van der Waals surface area contributed by atoms with Crippen LogP contribution in [-0.2, 0) is 11.2 Å². The van der Waals surface area contributed by atoms with Crippen LogP contribution in [0.15, 0.2) is 65.6 Å². The standard InChI is InChI=1S/C19H17FN2O2/c20-14-7-5-12-4-2-10-22(16(12)11-14)19(24)15-8-6-13-3-1-9-21-17(13)18(15)23/h1,3,5-9,11,17,21,23H,2,4,10H2. The molecule has 0 spiro atoms. The third kappa shape index (κ3) is 2.33. The normalized spacial score (nSPS) is 21.8. The van der Waals surface area contributed by atoms with Gasteiger partial charge in [0.1, 0.15) is 17.6 Å². The molecule has 0 saturated heterocycles. The number of hydrogen-bond acceptors (Lipinski definition) is 3. The number of allylic oxidation sites excluding steroid dienone is 2. The van der Waals surface area contributed by atoms with Crippen molar-refractivity contribution in [1.82, 2.24) is 5.32 Å². The Balaban J connectivity index is 1.71. The first-order valence-corrected chi connectivity index (χ1v) is 7.99. The largest absolute Gasteiger partial charge is 0.509 e. The van der Waals surface area contributed by atoms with Gasteiger partial charge in [-0.1, -0.05) is 18.2 Å². The average molecular weight is 324 g/mol. The number of amides is 1. The summed E-state index contributed by atoms with van der Waals surface area (Å²) < 4.78 is 13.6. The molecule has 1 aromatic carbocycles. The minimum atomic E-state index is -0.407. The molecule has 1 aliphatic carbocycles. The van der Waals surface area contributed by atoms with E-state index in [0.29, 0.717) is 12.2 Å². The van der Waals surface area contributed by atoms with E-state index in [1.54, 1.807) is 23.2 Å². The molecule has 24 heavy (non-hydrogen) atoms. The van der Waals surface area contributed by atoms with Crippen LogP contribution in [0.2, 0.25) is 0 Å². The minimum absolute atomic E-state index is 0.00151. The number of hydrogen-bond donors (Lipinski definition) is 2. The van der Waals surface area contributed by atoms with Crippen molar-refractivity contribution < 1.29 is 14.3 Å². The van der Waals surface area contributed by atoms with Gasteiger partial charge in [-0.15, -0.1) is 0 Å². The lowest BCUT2D eigenvalue weighted by Crippen LogP contribution is -2.40. The highest BCUT2D eigenvalue weighted by Gasteiger charge is 2.31. The highest BCUT2D eigenvalue weighted by atomic mass is 19.1. The number of aliphatic hydroxyl groups is 1. The second-order valence-electron chi connectivity index (χ2n) is 6.09. The first kappa shape index (κ1) is 14.8. The molecule has 1 atom stereocenters. The Kier molecular flexibility index (Phi) is 3.49. The molecule has 4 nitrogen and oxygen atoms in total. The maximum Gasteiger partial charge on any atom is 0.261 e. The summed E-state index contributed by atoms with van der Waals surface area (Å²) in [6, 6.07) is 4.13. The van der Waals surface area contributed by atoms with E-state index in [1.165, 1.54) is 12.1 Å². The number of halogens is 1. The maximum atomic E-state index is 13.6. The quantitative estimate of drug-likeness (QED) is 0.835. The SMILES string of the molecule is O=C(C1=C(O)C2NC=CC=C2C=C1)N1CCCc2ccc(F)cc21. The number of aliphatic hydroxyl groups excluding tert-OH is 1. The van der Waals surface area contributed by atoms with Gasteiger partial charge in [0.2, 0.25) is 0 Å². The van der Waals surface area contributed by atoms with Gasteiger partial charge in [0, 0.05) is 6.54 Å². The minimum Gasteiger partial charge on any atom is -0.509 e. The van der Waals surface area contributed by atoms with Crippen molar-refractivity contribution in [2.24, 2.45) is 0 Å². The van der Waals surface area contributed by atoms with Gasteiger partial charge >= 0.3 is 0 Å². The summed E-state index contributed by atoms with van der Waals surface area (Å²) >= 11 is 0. The Labute approximate surface area is 139 Å². The van der Waals surface area contributed by atoms with Crippen molar-refractivity contribution in [3.8, 4) is 0 Å². The van der Waals surface area contributed by atoms with Gasteiger partial charge in [-0.05, 0) is 54.5 Å². The number of rotatable bonds is 1. The van der Waals surface area contributed by atoms with E-state index in [0.717, 1.165) is 24.0 Å². The molecule has 1 unspecified atom stereocenters. The molecule has 122 valence electrons. The molecule has 0 fully saturated rings. The second kappa shape index (κ2) is 5.67. The summed E-state index contributed by atoms with van der Waals surface area (Å²) in [5.41, 5.74) is 2.70. The molecule has 0 radical (unpaired) electrons. The number of dihydropyridines is 1. The van der Waals surface area contributed by atoms with Crippen molar-refractivity contribution in [1.29, 1.82) is 0 Å². The highest BCUT2D eigenvalue weighted by molar-refractivity contribution is 6.09. The second-order valence-corrected chi connectivity index (χ2v) is 6.09. The van der Waals surface area contributed by atoms with Gasteiger partial charge in [0.25, 0.3) is 5.91 Å². The third-order valence-corrected chi connectivity index (χ3v) is 4.61. The zero-order valence-corrected chi connectivity index (χ0v) is 13.0. The maximum absolute atomic E-state index is 13.6. The number of carbonyl (C=O) groups excluding carboxylic acids is 1. The van der Waals surface area contributed by atoms with Crippen LogP contribution in [0.4, 0.5) is 10.1 Å². The van der Waals surface area contributed by atoms with Crippen molar-refractivity contribution in [2.75, 3.05) is 11.4 Å². The van der Waals surface area contributed by atoms with Crippen LogP contribution in [0.5, 0.6) is 0 Å². The summed E-state index contributed by atoms with van der Waals surface area (Å²) in [5.74, 6) is -0.664. The van der Waals surface area contributed by atoms with Crippen molar-refractivity contribution >= 4 is 11.6 Å². The molecule has 0 bridgehead atoms. The Hall–Kier alpha value is -2.82. The fourth-order valence-corrected chi connectivity index (χ4v) is 3.40. The third-order valence-electron chi connectivity index (χ3n) is 4.61. The Morgan fingerprint density at radius 3 is 3.08 bits per heavy atom. The summed E-state index contributed by atoms with van der Waals surface area (Å²) in [6.45, 7) is 0.514. The van der Waals surface area contributed by atoms with Gasteiger partial charge < -0.3 is 15.3 Å². The van der Waals surface area contributed by atoms with E-state index in [9.17, 15) is 14.3 Å². The summed E-state index contributed by atoms with van der Waals surface area (Å²) in [4.78, 5) is 14.5. The fraction of sp³-hybridized carbons (Fsp3) is 0.211. The molecule has 5 heteroatoms. The van der Waals surface area contributed by atoms with Crippen LogP contribution in [0, 0.1) is 5.82 Å². The Bertz CT molecular complexity index is 836. The average Bonchev–Trinajstić information content (AvgIpc) is 2.61. The topological polar surface area (TPSA) is 52.6 Å². The van der Waals surface area contributed by atoms with Gasteiger partial charge in [-0.3, -0.25) is 4.79 Å². The summed E-state index contributed by atoms with van der Waals surface area (Å²) in [6.07, 6.45) is 10.6. The van der Waals surface area contributed by atoms with Crippen LogP contribution >= 0.6 is 0 Å². The molecule has 2 heterocycles. The number of benzene rings is 1. The predicted molar refractivity (Wildman–Crippen MR) is 90.0 cm³/mol.